The zero-order valence-electron chi connectivity index (χ0n) is 12.0. The molecular formula is C14H21N5. The first-order chi connectivity index (χ1) is 9.11. The molecule has 5 nitrogen and oxygen atoms in total. The van der Waals surface area contributed by atoms with Gasteiger partial charge in [0.15, 0.2) is 5.82 Å². The Morgan fingerprint density at radius 1 is 1.42 bits per heavy atom. The summed E-state index contributed by atoms with van der Waals surface area (Å²) in [5, 5.41) is 7.78. The quantitative estimate of drug-likeness (QED) is 0.894. The first-order valence-electron chi connectivity index (χ1n) is 6.68. The Labute approximate surface area is 114 Å². The maximum absolute atomic E-state index is 4.56. The molecule has 2 rings (SSSR count). The highest BCUT2D eigenvalue weighted by molar-refractivity contribution is 5.48. The summed E-state index contributed by atoms with van der Waals surface area (Å²) >= 11 is 0. The molecule has 0 fully saturated rings. The summed E-state index contributed by atoms with van der Waals surface area (Å²) in [6.45, 7) is 7.32. The van der Waals surface area contributed by atoms with Gasteiger partial charge in [0.2, 0.25) is 0 Å². The van der Waals surface area contributed by atoms with Crippen LogP contribution in [0.2, 0.25) is 0 Å². The minimum absolute atomic E-state index is 0.276. The number of aryl methyl sites for hydroxylation is 2. The molecule has 19 heavy (non-hydrogen) atoms. The van der Waals surface area contributed by atoms with Crippen molar-refractivity contribution in [2.24, 2.45) is 7.05 Å². The van der Waals surface area contributed by atoms with Gasteiger partial charge in [0.05, 0.1) is 0 Å². The van der Waals surface area contributed by atoms with Gasteiger partial charge in [-0.25, -0.2) is 9.97 Å². The van der Waals surface area contributed by atoms with Crippen molar-refractivity contribution in [2.75, 3.05) is 6.54 Å². The molecule has 102 valence electrons. The molecule has 0 spiro atoms. The van der Waals surface area contributed by atoms with E-state index in [0.29, 0.717) is 5.82 Å². The van der Waals surface area contributed by atoms with Gasteiger partial charge in [-0.1, -0.05) is 6.92 Å². The van der Waals surface area contributed by atoms with E-state index in [1.54, 1.807) is 4.68 Å². The van der Waals surface area contributed by atoms with Crippen LogP contribution in [0.1, 0.15) is 37.6 Å². The molecule has 0 bridgehead atoms. The van der Waals surface area contributed by atoms with Crippen LogP contribution in [0.15, 0.2) is 18.5 Å². The summed E-state index contributed by atoms with van der Waals surface area (Å²) in [6, 6.07) is 2.20. The Morgan fingerprint density at radius 3 is 2.79 bits per heavy atom. The highest BCUT2D eigenvalue weighted by Gasteiger charge is 2.12. The second kappa shape index (κ2) is 5.93. The van der Waals surface area contributed by atoms with E-state index in [4.69, 9.17) is 0 Å². The van der Waals surface area contributed by atoms with Gasteiger partial charge >= 0.3 is 0 Å². The Hall–Kier alpha value is -1.75. The monoisotopic (exact) mass is 259 g/mol. The minimum atomic E-state index is 0.276. The van der Waals surface area contributed by atoms with Gasteiger partial charge < -0.3 is 5.32 Å². The largest absolute Gasteiger partial charge is 0.310 e. The van der Waals surface area contributed by atoms with Crippen LogP contribution in [0.25, 0.3) is 11.5 Å². The number of hydrogen-bond acceptors (Lipinski definition) is 4. The van der Waals surface area contributed by atoms with E-state index in [0.717, 1.165) is 29.9 Å². The van der Waals surface area contributed by atoms with E-state index in [9.17, 15) is 0 Å². The molecule has 2 aromatic heterocycles. The van der Waals surface area contributed by atoms with Crippen molar-refractivity contribution in [3.8, 4) is 11.5 Å². The van der Waals surface area contributed by atoms with E-state index in [2.05, 4.69) is 34.2 Å². The first-order valence-corrected chi connectivity index (χ1v) is 6.68. The second-order valence-corrected chi connectivity index (χ2v) is 4.78. The van der Waals surface area contributed by atoms with Crippen LogP contribution in [0.3, 0.4) is 0 Å². The summed E-state index contributed by atoms with van der Waals surface area (Å²) in [4.78, 5) is 8.98. The van der Waals surface area contributed by atoms with Crippen molar-refractivity contribution in [3.63, 3.8) is 0 Å². The molecular weight excluding hydrogens is 238 g/mol. The molecule has 1 N–H and O–H groups in total. The standard InChI is InChI=1S/C14H21N5/c1-5-7-15-10(2)12-9-16-14(17-11(12)3)13-6-8-19(4)18-13/h6,8-10,15H,5,7H2,1-4H3. The van der Waals surface area contributed by atoms with Gasteiger partial charge in [-0.05, 0) is 32.9 Å². The molecule has 0 saturated carbocycles. The van der Waals surface area contributed by atoms with Crippen molar-refractivity contribution in [1.29, 1.82) is 0 Å². The highest BCUT2D eigenvalue weighted by Crippen LogP contribution is 2.18. The van der Waals surface area contributed by atoms with Crippen LogP contribution in [0.4, 0.5) is 0 Å². The summed E-state index contributed by atoms with van der Waals surface area (Å²) in [5.41, 5.74) is 2.96. The SMILES string of the molecule is CCCNC(C)c1cnc(-c2ccn(C)n2)nc1C. The molecule has 1 atom stereocenters. The van der Waals surface area contributed by atoms with Gasteiger partial charge in [-0.3, -0.25) is 4.68 Å². The van der Waals surface area contributed by atoms with Gasteiger partial charge in [0.1, 0.15) is 5.69 Å². The molecule has 0 amide bonds. The smallest absolute Gasteiger partial charge is 0.180 e. The fourth-order valence-corrected chi connectivity index (χ4v) is 2.03. The number of aromatic nitrogens is 4. The van der Waals surface area contributed by atoms with Gasteiger partial charge in [0, 0.05) is 36.7 Å². The maximum atomic E-state index is 4.56. The van der Waals surface area contributed by atoms with E-state index in [1.807, 2.05) is 32.4 Å². The lowest BCUT2D eigenvalue weighted by molar-refractivity contribution is 0.564. The van der Waals surface area contributed by atoms with Gasteiger partial charge in [-0.15, -0.1) is 0 Å². The molecule has 2 heterocycles. The molecule has 2 aromatic rings. The number of nitrogens with zero attached hydrogens (tertiary/aromatic N) is 4. The third-order valence-electron chi connectivity index (χ3n) is 3.13. The fraction of sp³-hybridized carbons (Fsp3) is 0.500. The van der Waals surface area contributed by atoms with Crippen LogP contribution >= 0.6 is 0 Å². The molecule has 0 saturated heterocycles. The Balaban J connectivity index is 2.21. The average molecular weight is 259 g/mol. The molecule has 0 aliphatic rings. The zero-order chi connectivity index (χ0) is 13.8. The summed E-state index contributed by atoms with van der Waals surface area (Å²) in [6.07, 6.45) is 4.92. The molecule has 0 aromatic carbocycles. The topological polar surface area (TPSA) is 55.6 Å². The van der Waals surface area contributed by atoms with E-state index in [-0.39, 0.29) is 6.04 Å². The Kier molecular flexibility index (Phi) is 4.27. The van der Waals surface area contributed by atoms with Crippen molar-refractivity contribution in [2.45, 2.75) is 33.2 Å². The van der Waals surface area contributed by atoms with Crippen LogP contribution < -0.4 is 5.32 Å². The third-order valence-corrected chi connectivity index (χ3v) is 3.13. The van der Waals surface area contributed by atoms with E-state index < -0.39 is 0 Å². The number of rotatable bonds is 5. The molecule has 0 aliphatic carbocycles. The number of nitrogens with one attached hydrogen (secondary N) is 1. The Morgan fingerprint density at radius 2 is 2.21 bits per heavy atom. The van der Waals surface area contributed by atoms with Crippen LogP contribution in [-0.2, 0) is 7.05 Å². The average Bonchev–Trinajstić information content (AvgIpc) is 2.82. The second-order valence-electron chi connectivity index (χ2n) is 4.78. The maximum Gasteiger partial charge on any atom is 0.180 e. The van der Waals surface area contributed by atoms with Crippen molar-refractivity contribution < 1.29 is 0 Å². The molecule has 0 radical (unpaired) electrons. The van der Waals surface area contributed by atoms with Crippen LogP contribution in [0, 0.1) is 6.92 Å². The lowest BCUT2D eigenvalue weighted by Crippen LogP contribution is -2.20. The summed E-state index contributed by atoms with van der Waals surface area (Å²) in [7, 11) is 1.89. The molecule has 1 unspecified atom stereocenters. The Bertz CT molecular complexity index is 547. The first kappa shape index (κ1) is 13.7. The van der Waals surface area contributed by atoms with E-state index in [1.165, 1.54) is 0 Å². The van der Waals surface area contributed by atoms with Gasteiger partial charge in [-0.2, -0.15) is 5.10 Å². The summed E-state index contributed by atoms with van der Waals surface area (Å²) in [5.74, 6) is 0.685. The predicted octanol–water partition coefficient (Wildman–Crippen LogP) is 2.25. The number of hydrogen-bond donors (Lipinski definition) is 1. The molecule has 0 aliphatic heterocycles. The van der Waals surface area contributed by atoms with Crippen LogP contribution in [-0.4, -0.2) is 26.3 Å². The predicted molar refractivity (Wildman–Crippen MR) is 75.7 cm³/mol. The molecule has 5 heteroatoms. The summed E-state index contributed by atoms with van der Waals surface area (Å²) < 4.78 is 1.76. The van der Waals surface area contributed by atoms with Crippen LogP contribution in [0.5, 0.6) is 0 Å². The normalized spacial score (nSPS) is 12.6. The highest BCUT2D eigenvalue weighted by atomic mass is 15.3. The van der Waals surface area contributed by atoms with Gasteiger partial charge in [0.25, 0.3) is 0 Å². The van der Waals surface area contributed by atoms with Crippen molar-refractivity contribution in [1.82, 2.24) is 25.1 Å². The van der Waals surface area contributed by atoms with Crippen molar-refractivity contribution in [3.05, 3.63) is 29.7 Å². The fourth-order valence-electron chi connectivity index (χ4n) is 2.03. The zero-order valence-corrected chi connectivity index (χ0v) is 12.0. The lowest BCUT2D eigenvalue weighted by Gasteiger charge is -2.15. The van der Waals surface area contributed by atoms with Crippen molar-refractivity contribution >= 4 is 0 Å². The lowest BCUT2D eigenvalue weighted by atomic mass is 10.1. The van der Waals surface area contributed by atoms with E-state index >= 15 is 0 Å². The third kappa shape index (κ3) is 3.17. The minimum Gasteiger partial charge on any atom is -0.310 e.